The van der Waals surface area contributed by atoms with E-state index in [1.165, 1.54) is 4.88 Å². The van der Waals surface area contributed by atoms with Crippen molar-refractivity contribution >= 4 is 28.1 Å². The number of carbonyl (C=O) groups excluding carboxylic acids is 1. The minimum Gasteiger partial charge on any atom is -0.376 e. The SMILES string of the molecule is O=C(c1ccnc2ccccc12)N(Cc1cccs1)CC1CCCO1. The van der Waals surface area contributed by atoms with Crippen molar-refractivity contribution in [3.05, 3.63) is 64.5 Å². The lowest BCUT2D eigenvalue weighted by molar-refractivity contribution is 0.0511. The van der Waals surface area contributed by atoms with Crippen LogP contribution in [0, 0.1) is 0 Å². The number of hydrogen-bond acceptors (Lipinski definition) is 4. The Morgan fingerprint density at radius 1 is 1.24 bits per heavy atom. The minimum absolute atomic E-state index is 0.0440. The van der Waals surface area contributed by atoms with E-state index in [-0.39, 0.29) is 12.0 Å². The summed E-state index contributed by atoms with van der Waals surface area (Å²) < 4.78 is 5.77. The molecule has 5 heteroatoms. The van der Waals surface area contributed by atoms with Crippen LogP contribution in [0.15, 0.2) is 54.0 Å². The molecule has 2 aromatic heterocycles. The number of amides is 1. The van der Waals surface area contributed by atoms with Crippen LogP contribution in [0.2, 0.25) is 0 Å². The van der Waals surface area contributed by atoms with Crippen LogP contribution >= 0.6 is 11.3 Å². The number of benzene rings is 1. The third-order valence-electron chi connectivity index (χ3n) is 4.54. The normalized spacial score (nSPS) is 17.0. The zero-order valence-electron chi connectivity index (χ0n) is 13.9. The van der Waals surface area contributed by atoms with E-state index in [0.717, 1.165) is 30.4 Å². The van der Waals surface area contributed by atoms with Crippen LogP contribution in [0.25, 0.3) is 10.9 Å². The van der Waals surface area contributed by atoms with Crippen LogP contribution < -0.4 is 0 Å². The summed E-state index contributed by atoms with van der Waals surface area (Å²) in [6, 6.07) is 13.7. The quantitative estimate of drug-likeness (QED) is 0.694. The van der Waals surface area contributed by atoms with Gasteiger partial charge in [-0.15, -0.1) is 11.3 Å². The van der Waals surface area contributed by atoms with E-state index < -0.39 is 0 Å². The molecule has 25 heavy (non-hydrogen) atoms. The van der Waals surface area contributed by atoms with Gasteiger partial charge in [-0.1, -0.05) is 24.3 Å². The van der Waals surface area contributed by atoms with Crippen molar-refractivity contribution in [2.75, 3.05) is 13.2 Å². The molecule has 128 valence electrons. The fraction of sp³-hybridized carbons (Fsp3) is 0.300. The summed E-state index contributed by atoms with van der Waals surface area (Å²) in [7, 11) is 0. The molecule has 0 spiro atoms. The van der Waals surface area contributed by atoms with Crippen molar-refractivity contribution < 1.29 is 9.53 Å². The Hall–Kier alpha value is -2.24. The van der Waals surface area contributed by atoms with Gasteiger partial charge in [0, 0.05) is 29.6 Å². The Labute approximate surface area is 151 Å². The molecule has 0 aliphatic carbocycles. The highest BCUT2D eigenvalue weighted by molar-refractivity contribution is 7.09. The highest BCUT2D eigenvalue weighted by Gasteiger charge is 2.25. The number of hydrogen-bond donors (Lipinski definition) is 0. The molecule has 1 aliphatic rings. The first-order valence-corrected chi connectivity index (χ1v) is 9.46. The van der Waals surface area contributed by atoms with Gasteiger partial charge in [-0.3, -0.25) is 9.78 Å². The monoisotopic (exact) mass is 352 g/mol. The fourth-order valence-electron chi connectivity index (χ4n) is 3.30. The van der Waals surface area contributed by atoms with Gasteiger partial charge in [0.1, 0.15) is 0 Å². The van der Waals surface area contributed by atoms with E-state index in [2.05, 4.69) is 11.1 Å². The Morgan fingerprint density at radius 2 is 2.16 bits per heavy atom. The van der Waals surface area contributed by atoms with Gasteiger partial charge in [0.15, 0.2) is 0 Å². The molecule has 1 saturated heterocycles. The van der Waals surface area contributed by atoms with E-state index in [9.17, 15) is 4.79 Å². The predicted molar refractivity (Wildman–Crippen MR) is 99.8 cm³/mol. The molecule has 0 radical (unpaired) electrons. The molecule has 1 unspecified atom stereocenters. The van der Waals surface area contributed by atoms with E-state index in [4.69, 9.17) is 4.74 Å². The van der Waals surface area contributed by atoms with E-state index in [1.807, 2.05) is 46.7 Å². The number of ether oxygens (including phenoxy) is 1. The van der Waals surface area contributed by atoms with Crippen LogP contribution in [-0.2, 0) is 11.3 Å². The molecule has 4 nitrogen and oxygen atoms in total. The third kappa shape index (κ3) is 3.57. The number of rotatable bonds is 5. The van der Waals surface area contributed by atoms with Crippen molar-refractivity contribution in [3.8, 4) is 0 Å². The van der Waals surface area contributed by atoms with Crippen molar-refractivity contribution in [2.45, 2.75) is 25.5 Å². The Balaban J connectivity index is 1.65. The van der Waals surface area contributed by atoms with E-state index in [0.29, 0.717) is 18.7 Å². The fourth-order valence-corrected chi connectivity index (χ4v) is 4.02. The van der Waals surface area contributed by atoms with E-state index >= 15 is 0 Å². The summed E-state index contributed by atoms with van der Waals surface area (Å²) >= 11 is 1.68. The highest BCUT2D eigenvalue weighted by Crippen LogP contribution is 2.22. The van der Waals surface area contributed by atoms with Crippen molar-refractivity contribution in [3.63, 3.8) is 0 Å². The molecule has 3 heterocycles. The summed E-state index contributed by atoms with van der Waals surface area (Å²) in [6.45, 7) is 2.05. The minimum atomic E-state index is 0.0440. The second kappa shape index (κ2) is 7.33. The number of thiophene rings is 1. The second-order valence-electron chi connectivity index (χ2n) is 6.28. The maximum atomic E-state index is 13.3. The Bertz CT molecular complexity index is 852. The average molecular weight is 352 g/mol. The molecular formula is C20H20N2O2S. The van der Waals surface area contributed by atoms with Crippen molar-refractivity contribution in [1.29, 1.82) is 0 Å². The maximum absolute atomic E-state index is 13.3. The van der Waals surface area contributed by atoms with Gasteiger partial charge in [-0.05, 0) is 36.4 Å². The van der Waals surface area contributed by atoms with Crippen LogP contribution in [0.3, 0.4) is 0 Å². The summed E-state index contributed by atoms with van der Waals surface area (Å²) in [5.41, 5.74) is 1.56. The highest BCUT2D eigenvalue weighted by atomic mass is 32.1. The van der Waals surface area contributed by atoms with Gasteiger partial charge in [0.2, 0.25) is 0 Å². The smallest absolute Gasteiger partial charge is 0.255 e. The summed E-state index contributed by atoms with van der Waals surface area (Å²) in [5.74, 6) is 0.0440. The van der Waals surface area contributed by atoms with Crippen molar-refractivity contribution in [2.24, 2.45) is 0 Å². The summed E-state index contributed by atoms with van der Waals surface area (Å²) in [6.07, 6.45) is 3.94. The maximum Gasteiger partial charge on any atom is 0.255 e. The predicted octanol–water partition coefficient (Wildman–Crippen LogP) is 4.12. The molecule has 1 fully saturated rings. The van der Waals surface area contributed by atoms with Crippen LogP contribution in [0.4, 0.5) is 0 Å². The average Bonchev–Trinajstić information content (AvgIpc) is 3.34. The lowest BCUT2D eigenvalue weighted by Crippen LogP contribution is -2.36. The molecule has 0 bridgehead atoms. The second-order valence-corrected chi connectivity index (χ2v) is 7.31. The van der Waals surface area contributed by atoms with Crippen molar-refractivity contribution in [1.82, 2.24) is 9.88 Å². The molecule has 1 aliphatic heterocycles. The van der Waals surface area contributed by atoms with Gasteiger partial charge in [-0.25, -0.2) is 0 Å². The number of nitrogens with zero attached hydrogens (tertiary/aromatic N) is 2. The molecule has 3 aromatic rings. The number of carbonyl (C=O) groups is 1. The van der Waals surface area contributed by atoms with Gasteiger partial charge < -0.3 is 9.64 Å². The molecule has 1 atom stereocenters. The lowest BCUT2D eigenvalue weighted by atomic mass is 10.1. The van der Waals surface area contributed by atoms with Crippen LogP contribution in [-0.4, -0.2) is 35.0 Å². The third-order valence-corrected chi connectivity index (χ3v) is 5.40. The molecule has 4 rings (SSSR count). The zero-order valence-corrected chi connectivity index (χ0v) is 14.7. The van der Waals surface area contributed by atoms with Gasteiger partial charge in [-0.2, -0.15) is 0 Å². The van der Waals surface area contributed by atoms with Gasteiger partial charge in [0.05, 0.1) is 23.7 Å². The van der Waals surface area contributed by atoms with E-state index in [1.54, 1.807) is 17.5 Å². The first-order valence-electron chi connectivity index (χ1n) is 8.58. The first-order chi connectivity index (χ1) is 12.3. The molecule has 1 aromatic carbocycles. The molecule has 0 N–H and O–H groups in total. The summed E-state index contributed by atoms with van der Waals surface area (Å²) in [4.78, 5) is 20.8. The van der Waals surface area contributed by atoms with Gasteiger partial charge in [0.25, 0.3) is 5.91 Å². The number of pyridine rings is 1. The number of fused-ring (bicyclic) bond motifs is 1. The zero-order chi connectivity index (χ0) is 17.1. The Kier molecular flexibility index (Phi) is 4.76. The lowest BCUT2D eigenvalue weighted by Gasteiger charge is -2.25. The summed E-state index contributed by atoms with van der Waals surface area (Å²) in [5, 5.41) is 2.95. The standard InChI is InChI=1S/C20H20N2O2S/c23-20(18-9-10-21-19-8-2-1-7-17(18)19)22(13-15-5-3-11-24-15)14-16-6-4-12-25-16/h1-2,4,6-10,12,15H,3,5,11,13-14H2. The van der Waals surface area contributed by atoms with Gasteiger partial charge >= 0.3 is 0 Å². The van der Waals surface area contributed by atoms with Crippen LogP contribution in [0.1, 0.15) is 28.1 Å². The number of aromatic nitrogens is 1. The molecular weight excluding hydrogens is 332 g/mol. The van der Waals surface area contributed by atoms with Crippen LogP contribution in [0.5, 0.6) is 0 Å². The topological polar surface area (TPSA) is 42.4 Å². The number of para-hydroxylation sites is 1. The largest absolute Gasteiger partial charge is 0.376 e. The molecule has 1 amide bonds. The first kappa shape index (κ1) is 16.2. The Morgan fingerprint density at radius 3 is 2.96 bits per heavy atom. The molecule has 0 saturated carbocycles.